The summed E-state index contributed by atoms with van der Waals surface area (Å²) in [4.78, 5) is 24.5. The Labute approximate surface area is 112 Å². The molecule has 1 amide bonds. The second-order valence-electron chi connectivity index (χ2n) is 4.36. The van der Waals surface area contributed by atoms with Gasteiger partial charge >= 0.3 is 12.1 Å². The molecule has 5 nitrogen and oxygen atoms in total. The summed E-state index contributed by atoms with van der Waals surface area (Å²) in [5, 5.41) is 0. The first-order valence-electron chi connectivity index (χ1n) is 6.30. The van der Waals surface area contributed by atoms with Crippen LogP contribution in [0.4, 0.5) is 10.5 Å². The summed E-state index contributed by atoms with van der Waals surface area (Å²) in [5.74, 6) is -0.347. The molecule has 0 saturated heterocycles. The molecule has 0 N–H and O–H groups in total. The molecule has 1 unspecified atom stereocenters. The molecule has 1 aromatic carbocycles. The molecular formula is C14H17NO4. The Kier molecular flexibility index (Phi) is 4.04. The van der Waals surface area contributed by atoms with Crippen molar-refractivity contribution in [2.75, 3.05) is 18.1 Å². The zero-order chi connectivity index (χ0) is 13.8. The van der Waals surface area contributed by atoms with Crippen molar-refractivity contribution in [3.63, 3.8) is 0 Å². The molecule has 0 aliphatic carbocycles. The molecular weight excluding hydrogens is 246 g/mol. The lowest BCUT2D eigenvalue weighted by Crippen LogP contribution is -2.41. The monoisotopic (exact) mass is 263 g/mol. The minimum Gasteiger partial charge on any atom is -0.464 e. The summed E-state index contributed by atoms with van der Waals surface area (Å²) in [6.45, 7) is 3.62. The van der Waals surface area contributed by atoms with E-state index in [0.29, 0.717) is 13.0 Å². The van der Waals surface area contributed by atoms with Crippen molar-refractivity contribution in [1.29, 1.82) is 0 Å². The van der Waals surface area contributed by atoms with Crippen LogP contribution in [0.2, 0.25) is 0 Å². The minimum absolute atomic E-state index is 0.183. The van der Waals surface area contributed by atoms with E-state index < -0.39 is 6.09 Å². The molecule has 1 aliphatic rings. The van der Waals surface area contributed by atoms with E-state index in [1.165, 1.54) is 6.92 Å². The van der Waals surface area contributed by atoms with Crippen LogP contribution in [0.3, 0.4) is 0 Å². The van der Waals surface area contributed by atoms with Crippen LogP contribution in [0.15, 0.2) is 24.3 Å². The summed E-state index contributed by atoms with van der Waals surface area (Å²) >= 11 is 0. The summed E-state index contributed by atoms with van der Waals surface area (Å²) < 4.78 is 10.1. The van der Waals surface area contributed by atoms with Crippen molar-refractivity contribution in [2.45, 2.75) is 26.3 Å². The van der Waals surface area contributed by atoms with Gasteiger partial charge in [-0.2, -0.15) is 0 Å². The highest BCUT2D eigenvalue weighted by atomic mass is 16.6. The second kappa shape index (κ2) is 5.73. The Bertz CT molecular complexity index is 486. The molecule has 1 atom stereocenters. The van der Waals surface area contributed by atoms with E-state index >= 15 is 0 Å². The first kappa shape index (κ1) is 13.4. The summed E-state index contributed by atoms with van der Waals surface area (Å²) in [7, 11) is 0. The molecule has 0 saturated carbocycles. The van der Waals surface area contributed by atoms with Gasteiger partial charge in [0.15, 0.2) is 0 Å². The number of carbonyl (C=O) groups excluding carboxylic acids is 2. The number of para-hydroxylation sites is 1. The lowest BCUT2D eigenvalue weighted by Gasteiger charge is -2.24. The van der Waals surface area contributed by atoms with Crippen molar-refractivity contribution in [2.24, 2.45) is 0 Å². The van der Waals surface area contributed by atoms with Gasteiger partial charge in [0.05, 0.1) is 18.3 Å². The third kappa shape index (κ3) is 2.86. The Hall–Kier alpha value is -2.04. The predicted octanol–water partition coefficient (Wildman–Crippen LogP) is 2.14. The van der Waals surface area contributed by atoms with Gasteiger partial charge in [0.2, 0.25) is 0 Å². The molecule has 0 spiro atoms. The number of rotatable bonds is 3. The van der Waals surface area contributed by atoms with E-state index in [4.69, 9.17) is 9.47 Å². The maximum atomic E-state index is 12.0. The van der Waals surface area contributed by atoms with Crippen LogP contribution < -0.4 is 4.90 Å². The number of anilines is 1. The first-order chi connectivity index (χ1) is 9.13. The molecule has 1 aromatic rings. The topological polar surface area (TPSA) is 55.8 Å². The fourth-order valence-electron chi connectivity index (χ4n) is 2.25. The number of nitrogens with zero attached hydrogens (tertiary/aromatic N) is 1. The average molecular weight is 263 g/mol. The van der Waals surface area contributed by atoms with E-state index in [1.807, 2.05) is 24.3 Å². The van der Waals surface area contributed by atoms with Crippen molar-refractivity contribution < 1.29 is 19.1 Å². The molecule has 102 valence electrons. The average Bonchev–Trinajstić information content (AvgIpc) is 2.74. The Morgan fingerprint density at radius 3 is 2.74 bits per heavy atom. The molecule has 0 bridgehead atoms. The zero-order valence-electron chi connectivity index (χ0n) is 11.1. The summed E-state index contributed by atoms with van der Waals surface area (Å²) in [5.41, 5.74) is 1.89. The quantitative estimate of drug-likeness (QED) is 0.784. The van der Waals surface area contributed by atoms with E-state index in [1.54, 1.807) is 11.8 Å². The van der Waals surface area contributed by atoms with Crippen molar-refractivity contribution in [1.82, 2.24) is 0 Å². The van der Waals surface area contributed by atoms with Crippen LogP contribution >= 0.6 is 0 Å². The van der Waals surface area contributed by atoms with Crippen LogP contribution in [0, 0.1) is 0 Å². The smallest absolute Gasteiger partial charge is 0.414 e. The predicted molar refractivity (Wildman–Crippen MR) is 70.1 cm³/mol. The number of esters is 1. The first-order valence-corrected chi connectivity index (χ1v) is 6.30. The highest BCUT2D eigenvalue weighted by molar-refractivity contribution is 5.91. The van der Waals surface area contributed by atoms with Gasteiger partial charge in [0.25, 0.3) is 0 Å². The molecule has 0 fully saturated rings. The zero-order valence-corrected chi connectivity index (χ0v) is 11.1. The summed E-state index contributed by atoms with van der Waals surface area (Å²) in [6.07, 6.45) is 0.270. The Morgan fingerprint density at radius 1 is 1.32 bits per heavy atom. The Balaban J connectivity index is 2.20. The Morgan fingerprint density at radius 2 is 2.05 bits per heavy atom. The standard InChI is InChI=1S/C14H17NO4/c1-3-18-14(17)15-12(9-19-10(2)16)8-11-6-4-5-7-13(11)15/h4-7,12H,3,8-9H2,1-2H3. The molecule has 2 rings (SSSR count). The molecule has 1 aliphatic heterocycles. The molecule has 5 heteroatoms. The maximum Gasteiger partial charge on any atom is 0.414 e. The third-order valence-electron chi connectivity index (χ3n) is 3.02. The number of carbonyl (C=O) groups is 2. The van der Waals surface area contributed by atoms with Crippen molar-refractivity contribution in [3.05, 3.63) is 29.8 Å². The van der Waals surface area contributed by atoms with Gasteiger partial charge in [0.1, 0.15) is 6.61 Å². The van der Waals surface area contributed by atoms with E-state index in [2.05, 4.69) is 0 Å². The summed E-state index contributed by atoms with van der Waals surface area (Å²) in [6, 6.07) is 7.45. The van der Waals surface area contributed by atoms with Gasteiger partial charge in [-0.1, -0.05) is 18.2 Å². The van der Waals surface area contributed by atoms with Crippen LogP contribution in [-0.4, -0.2) is 31.3 Å². The van der Waals surface area contributed by atoms with Gasteiger partial charge < -0.3 is 9.47 Å². The van der Waals surface area contributed by atoms with Gasteiger partial charge in [0, 0.05) is 6.92 Å². The van der Waals surface area contributed by atoms with Crippen LogP contribution in [0.1, 0.15) is 19.4 Å². The van der Waals surface area contributed by atoms with E-state index in [9.17, 15) is 9.59 Å². The SMILES string of the molecule is CCOC(=O)N1c2ccccc2CC1COC(C)=O. The number of fused-ring (bicyclic) bond motifs is 1. The molecule has 1 heterocycles. The third-order valence-corrected chi connectivity index (χ3v) is 3.02. The number of amides is 1. The van der Waals surface area contributed by atoms with Crippen molar-refractivity contribution in [3.8, 4) is 0 Å². The normalized spacial score (nSPS) is 16.9. The highest BCUT2D eigenvalue weighted by Crippen LogP contribution is 2.32. The van der Waals surface area contributed by atoms with Gasteiger partial charge in [-0.15, -0.1) is 0 Å². The van der Waals surface area contributed by atoms with Gasteiger partial charge in [-0.25, -0.2) is 4.79 Å². The maximum absolute atomic E-state index is 12.0. The molecule has 0 radical (unpaired) electrons. The minimum atomic E-state index is -0.399. The number of benzene rings is 1. The molecule has 0 aromatic heterocycles. The number of hydrogen-bond donors (Lipinski definition) is 0. The number of ether oxygens (including phenoxy) is 2. The van der Waals surface area contributed by atoms with Crippen LogP contribution in [0.5, 0.6) is 0 Å². The van der Waals surface area contributed by atoms with E-state index in [0.717, 1.165) is 11.3 Å². The van der Waals surface area contributed by atoms with Gasteiger partial charge in [-0.05, 0) is 25.0 Å². The second-order valence-corrected chi connectivity index (χ2v) is 4.36. The van der Waals surface area contributed by atoms with Crippen molar-refractivity contribution >= 4 is 17.7 Å². The highest BCUT2D eigenvalue weighted by Gasteiger charge is 2.35. The largest absolute Gasteiger partial charge is 0.464 e. The van der Waals surface area contributed by atoms with Crippen LogP contribution in [-0.2, 0) is 20.7 Å². The number of hydrogen-bond acceptors (Lipinski definition) is 4. The lowest BCUT2D eigenvalue weighted by molar-refractivity contribution is -0.141. The fraction of sp³-hybridized carbons (Fsp3) is 0.429. The molecule has 19 heavy (non-hydrogen) atoms. The van der Waals surface area contributed by atoms with Crippen LogP contribution in [0.25, 0.3) is 0 Å². The van der Waals surface area contributed by atoms with Gasteiger partial charge in [-0.3, -0.25) is 9.69 Å². The van der Waals surface area contributed by atoms with E-state index in [-0.39, 0.29) is 18.6 Å². The lowest BCUT2D eigenvalue weighted by atomic mass is 10.1. The fourth-order valence-corrected chi connectivity index (χ4v) is 2.25.